The van der Waals surface area contributed by atoms with Gasteiger partial charge >= 0.3 is 0 Å². The van der Waals surface area contributed by atoms with E-state index >= 15 is 0 Å². The molecule has 7 heteroatoms. The fourth-order valence-corrected chi connectivity index (χ4v) is 3.31. The second kappa shape index (κ2) is 8.18. The zero-order valence-electron chi connectivity index (χ0n) is 13.2. The summed E-state index contributed by atoms with van der Waals surface area (Å²) in [5.74, 6) is -0.874. The van der Waals surface area contributed by atoms with Crippen LogP contribution in [0.1, 0.15) is 16.1 Å². The van der Waals surface area contributed by atoms with Crippen molar-refractivity contribution in [2.75, 3.05) is 5.32 Å². The van der Waals surface area contributed by atoms with Gasteiger partial charge in [-0.05, 0) is 24.1 Å². The second-order valence-corrected chi connectivity index (χ2v) is 6.88. The van der Waals surface area contributed by atoms with Crippen molar-refractivity contribution < 1.29 is 9.18 Å². The number of nitrogens with zero attached hydrogens (tertiary/aromatic N) is 2. The minimum absolute atomic E-state index is 0.148. The Bertz CT molecular complexity index is 850. The first-order valence-electron chi connectivity index (χ1n) is 7.71. The third kappa shape index (κ3) is 4.84. The molecule has 0 atom stereocenters. The smallest absolute Gasteiger partial charge is 0.230 e. The van der Waals surface area contributed by atoms with E-state index in [-0.39, 0.29) is 22.9 Å². The van der Waals surface area contributed by atoms with Crippen LogP contribution in [0.3, 0.4) is 0 Å². The van der Waals surface area contributed by atoms with Crippen molar-refractivity contribution >= 4 is 34.0 Å². The molecule has 3 aromatic rings. The van der Waals surface area contributed by atoms with E-state index < -0.39 is 5.82 Å². The van der Waals surface area contributed by atoms with Crippen LogP contribution in [0, 0.1) is 5.82 Å². The lowest BCUT2D eigenvalue weighted by Crippen LogP contribution is -2.15. The summed E-state index contributed by atoms with van der Waals surface area (Å²) in [7, 11) is 0. The van der Waals surface area contributed by atoms with E-state index in [1.165, 1.54) is 29.0 Å². The highest BCUT2D eigenvalue weighted by Gasteiger charge is 2.14. The number of hydrogen-bond acceptors (Lipinski definition) is 4. The van der Waals surface area contributed by atoms with Gasteiger partial charge in [-0.25, -0.2) is 4.39 Å². The first-order valence-corrected chi connectivity index (χ1v) is 8.90. The molecular weight excluding hydrogens is 361 g/mol. The number of hydrogen-bond donors (Lipinski definition) is 1. The number of carbonyl (C=O) groups is 1. The van der Waals surface area contributed by atoms with Crippen molar-refractivity contribution in [2.24, 2.45) is 0 Å². The largest absolute Gasteiger partial charge is 0.300 e. The van der Waals surface area contributed by atoms with Crippen molar-refractivity contribution in [3.8, 4) is 0 Å². The van der Waals surface area contributed by atoms with Crippen LogP contribution in [0.25, 0.3) is 0 Å². The highest BCUT2D eigenvalue weighted by molar-refractivity contribution is 7.15. The second-order valence-electron chi connectivity index (χ2n) is 5.41. The Hall–Kier alpha value is -2.31. The summed E-state index contributed by atoms with van der Waals surface area (Å²) in [4.78, 5) is 12.1. The van der Waals surface area contributed by atoms with Crippen LogP contribution in [0.15, 0.2) is 48.5 Å². The van der Waals surface area contributed by atoms with Gasteiger partial charge in [0.1, 0.15) is 10.8 Å². The van der Waals surface area contributed by atoms with Crippen LogP contribution in [0.4, 0.5) is 9.52 Å². The molecule has 0 aliphatic heterocycles. The fraction of sp³-hybridized carbons (Fsp3) is 0.167. The van der Waals surface area contributed by atoms with E-state index in [0.29, 0.717) is 5.13 Å². The molecule has 0 aliphatic carbocycles. The summed E-state index contributed by atoms with van der Waals surface area (Å²) in [5.41, 5.74) is 1.40. The zero-order valence-corrected chi connectivity index (χ0v) is 14.8. The summed E-state index contributed by atoms with van der Waals surface area (Å²) in [6, 6.07) is 14.4. The van der Waals surface area contributed by atoms with Gasteiger partial charge in [-0.2, -0.15) is 0 Å². The van der Waals surface area contributed by atoms with Gasteiger partial charge in [0.25, 0.3) is 0 Å². The maximum absolute atomic E-state index is 13.7. The molecule has 1 aromatic heterocycles. The SMILES string of the molecule is O=C(Cc1c(F)cccc1Cl)Nc1nnc(CCc2ccccc2)s1. The predicted octanol–water partition coefficient (Wildman–Crippen LogP) is 4.30. The van der Waals surface area contributed by atoms with Crippen LogP contribution in [0.5, 0.6) is 0 Å². The average molecular weight is 376 g/mol. The van der Waals surface area contributed by atoms with E-state index in [0.717, 1.165) is 17.8 Å². The molecule has 128 valence electrons. The van der Waals surface area contributed by atoms with Gasteiger partial charge in [0.15, 0.2) is 0 Å². The van der Waals surface area contributed by atoms with Gasteiger partial charge < -0.3 is 5.32 Å². The van der Waals surface area contributed by atoms with Crippen molar-refractivity contribution in [1.29, 1.82) is 0 Å². The normalized spacial score (nSPS) is 10.6. The highest BCUT2D eigenvalue weighted by atomic mass is 35.5. The summed E-state index contributed by atoms with van der Waals surface area (Å²) < 4.78 is 13.7. The Kier molecular flexibility index (Phi) is 5.73. The molecule has 1 amide bonds. The highest BCUT2D eigenvalue weighted by Crippen LogP contribution is 2.21. The molecule has 0 bridgehead atoms. The van der Waals surface area contributed by atoms with E-state index in [2.05, 4.69) is 27.6 Å². The van der Waals surface area contributed by atoms with E-state index in [4.69, 9.17) is 11.6 Å². The van der Waals surface area contributed by atoms with Gasteiger partial charge in [-0.1, -0.05) is 59.3 Å². The number of rotatable bonds is 6. The lowest BCUT2D eigenvalue weighted by Gasteiger charge is -2.05. The molecule has 1 heterocycles. The van der Waals surface area contributed by atoms with Gasteiger partial charge in [0.2, 0.25) is 11.0 Å². The average Bonchev–Trinajstić information content (AvgIpc) is 3.05. The van der Waals surface area contributed by atoms with Crippen LogP contribution in [-0.4, -0.2) is 16.1 Å². The Labute approximate surface area is 153 Å². The molecule has 0 unspecified atom stereocenters. The molecule has 1 N–H and O–H groups in total. The quantitative estimate of drug-likeness (QED) is 0.699. The summed E-state index contributed by atoms with van der Waals surface area (Å²) in [6.45, 7) is 0. The molecule has 0 spiro atoms. The van der Waals surface area contributed by atoms with Crippen LogP contribution in [0.2, 0.25) is 5.02 Å². The number of nitrogens with one attached hydrogen (secondary N) is 1. The summed E-state index contributed by atoms with van der Waals surface area (Å²) in [6.07, 6.45) is 1.45. The molecule has 25 heavy (non-hydrogen) atoms. The number of anilines is 1. The molecule has 3 rings (SSSR count). The van der Waals surface area contributed by atoms with Crippen LogP contribution in [-0.2, 0) is 24.1 Å². The Morgan fingerprint density at radius 1 is 1.08 bits per heavy atom. The van der Waals surface area contributed by atoms with Crippen molar-refractivity contribution in [1.82, 2.24) is 10.2 Å². The van der Waals surface area contributed by atoms with Gasteiger partial charge in [-0.15, -0.1) is 10.2 Å². The first kappa shape index (κ1) is 17.5. The van der Waals surface area contributed by atoms with Crippen LogP contribution < -0.4 is 5.32 Å². The van der Waals surface area contributed by atoms with Crippen molar-refractivity contribution in [3.63, 3.8) is 0 Å². The summed E-state index contributed by atoms with van der Waals surface area (Å²) >= 11 is 7.25. The molecule has 0 saturated heterocycles. The number of carbonyl (C=O) groups excluding carboxylic acids is 1. The van der Waals surface area contributed by atoms with E-state index in [1.807, 2.05) is 18.2 Å². The standard InChI is InChI=1S/C18H15ClFN3OS/c19-14-7-4-8-15(20)13(14)11-16(24)21-18-23-22-17(25-18)10-9-12-5-2-1-3-6-12/h1-8H,9-11H2,(H,21,23,24). The summed E-state index contributed by atoms with van der Waals surface area (Å²) in [5, 5.41) is 12.2. The van der Waals surface area contributed by atoms with E-state index in [9.17, 15) is 9.18 Å². The maximum Gasteiger partial charge on any atom is 0.230 e. The zero-order chi connectivity index (χ0) is 17.6. The van der Waals surface area contributed by atoms with Crippen LogP contribution >= 0.6 is 22.9 Å². The first-order chi connectivity index (χ1) is 12.1. The number of amides is 1. The number of halogens is 2. The topological polar surface area (TPSA) is 54.9 Å². The maximum atomic E-state index is 13.7. The molecule has 0 fully saturated rings. The van der Waals surface area contributed by atoms with Gasteiger partial charge in [0.05, 0.1) is 6.42 Å². The molecule has 0 aliphatic rings. The molecular formula is C18H15ClFN3OS. The number of aryl methyl sites for hydroxylation is 2. The molecule has 0 saturated carbocycles. The predicted molar refractivity (Wildman–Crippen MR) is 97.5 cm³/mol. The lowest BCUT2D eigenvalue weighted by atomic mass is 10.1. The molecule has 2 aromatic carbocycles. The molecule has 0 radical (unpaired) electrons. The van der Waals surface area contributed by atoms with E-state index in [1.54, 1.807) is 6.07 Å². The minimum atomic E-state index is -0.497. The van der Waals surface area contributed by atoms with Gasteiger partial charge in [-0.3, -0.25) is 4.79 Å². The van der Waals surface area contributed by atoms with Gasteiger partial charge in [0, 0.05) is 17.0 Å². The Balaban J connectivity index is 1.56. The van der Waals surface area contributed by atoms with Crippen molar-refractivity contribution in [2.45, 2.75) is 19.3 Å². The number of aromatic nitrogens is 2. The Morgan fingerprint density at radius 2 is 1.88 bits per heavy atom. The third-order valence-electron chi connectivity index (χ3n) is 3.58. The van der Waals surface area contributed by atoms with Crippen molar-refractivity contribution in [3.05, 3.63) is 75.5 Å². The molecule has 4 nitrogen and oxygen atoms in total. The third-order valence-corrected chi connectivity index (χ3v) is 4.84. The number of benzene rings is 2. The fourth-order valence-electron chi connectivity index (χ4n) is 2.33. The lowest BCUT2D eigenvalue weighted by molar-refractivity contribution is -0.115. The Morgan fingerprint density at radius 3 is 2.64 bits per heavy atom. The monoisotopic (exact) mass is 375 g/mol. The minimum Gasteiger partial charge on any atom is -0.300 e.